The zero-order valence-electron chi connectivity index (χ0n) is 16.1. The topological polar surface area (TPSA) is 95.6 Å². The number of amides is 4. The summed E-state index contributed by atoms with van der Waals surface area (Å²) in [5, 5.41) is 5.47. The summed E-state index contributed by atoms with van der Waals surface area (Å²) >= 11 is 0. The molecule has 4 amide bonds. The summed E-state index contributed by atoms with van der Waals surface area (Å²) in [6.07, 6.45) is 1.16. The molecule has 0 bridgehead atoms. The Bertz CT molecular complexity index is 1130. The number of rotatable bonds is 5. The molecule has 0 fully saturated rings. The Morgan fingerprint density at radius 1 is 0.742 bits per heavy atom. The number of hydrogen-bond donors (Lipinski definition) is 2. The van der Waals surface area contributed by atoms with Crippen LogP contribution in [0, 0.1) is 5.82 Å². The van der Waals surface area contributed by atoms with Crippen molar-refractivity contribution >= 4 is 39.5 Å². The number of hydrogen-bond acceptors (Lipinski definition) is 4. The summed E-state index contributed by atoms with van der Waals surface area (Å²) in [5.74, 6) is -0.480. The van der Waals surface area contributed by atoms with Gasteiger partial charge < -0.3 is 10.6 Å². The van der Waals surface area contributed by atoms with Gasteiger partial charge in [0.2, 0.25) is 0 Å². The molecule has 0 saturated heterocycles. The van der Waals surface area contributed by atoms with Gasteiger partial charge in [-0.15, -0.1) is 4.31 Å². The Morgan fingerprint density at radius 2 is 1.19 bits per heavy atom. The van der Waals surface area contributed by atoms with Crippen molar-refractivity contribution in [3.8, 4) is 0 Å². The zero-order valence-corrected chi connectivity index (χ0v) is 16.9. The molecule has 0 aliphatic rings. The number of carbonyl (C=O) groups excluding carboxylic acids is 2. The van der Waals surface area contributed by atoms with Gasteiger partial charge in [0, 0.05) is 11.4 Å². The highest BCUT2D eigenvalue weighted by molar-refractivity contribution is 7.93. The molecule has 0 aromatic heterocycles. The number of nitrogens with zero attached hydrogens (tertiary/aromatic N) is 1. The van der Waals surface area contributed by atoms with Crippen LogP contribution in [0.3, 0.4) is 0 Å². The second-order valence-corrected chi connectivity index (χ2v) is 7.92. The lowest BCUT2D eigenvalue weighted by Gasteiger charge is -2.20. The smallest absolute Gasteiger partial charge is 0.307 e. The van der Waals surface area contributed by atoms with E-state index in [-0.39, 0.29) is 4.31 Å². The van der Waals surface area contributed by atoms with Crippen molar-refractivity contribution in [3.63, 3.8) is 0 Å². The van der Waals surface area contributed by atoms with E-state index in [2.05, 4.69) is 10.6 Å². The van der Waals surface area contributed by atoms with E-state index >= 15 is 0 Å². The fraction of sp³-hybridized carbons (Fsp3) is 0. The number of halogens is 1. The molecule has 31 heavy (non-hydrogen) atoms. The minimum Gasteiger partial charge on any atom is -0.307 e. The van der Waals surface area contributed by atoms with Crippen LogP contribution >= 0.6 is 0 Å². The number of nitrogens with one attached hydrogen (secondary N) is 2. The summed E-state index contributed by atoms with van der Waals surface area (Å²) < 4.78 is 38.9. The Kier molecular flexibility index (Phi) is 6.78. The van der Waals surface area contributed by atoms with Crippen LogP contribution < -0.4 is 10.6 Å². The fourth-order valence-corrected chi connectivity index (χ4v) is 3.52. The monoisotopic (exact) mass is 439 g/mol. The average Bonchev–Trinajstić information content (AvgIpc) is 2.74. The van der Waals surface area contributed by atoms with Gasteiger partial charge >= 0.3 is 12.1 Å². The number of para-hydroxylation sites is 2. The molecule has 0 saturated carbocycles. The summed E-state index contributed by atoms with van der Waals surface area (Å²) in [5.41, 5.74) is 0.988. The molecule has 9 heteroatoms. The van der Waals surface area contributed by atoms with Gasteiger partial charge in [-0.05, 0) is 48.0 Å². The van der Waals surface area contributed by atoms with Gasteiger partial charge in [0.05, 0.1) is 5.41 Å². The first kappa shape index (κ1) is 21.7. The lowest BCUT2D eigenvalue weighted by Crippen LogP contribution is -2.45. The molecule has 0 aliphatic heterocycles. The highest BCUT2D eigenvalue weighted by atomic mass is 32.2. The standard InChI is InChI=1S/C22H18FN3O4S/c23-18-13-11-17(12-14-18)15-16-31(29,30)26(21(27)24-19-7-3-1-4-8-19)22(28)25-20-9-5-2-6-10-20/h1-16H,(H,24,27)(H,25,28)/b16-15+. The molecule has 0 spiro atoms. The number of sulfonamides is 1. The van der Waals surface area contributed by atoms with E-state index in [9.17, 15) is 22.4 Å². The largest absolute Gasteiger partial charge is 0.344 e. The third-order valence-electron chi connectivity index (χ3n) is 3.98. The minimum atomic E-state index is -4.53. The Labute approximate surface area is 178 Å². The summed E-state index contributed by atoms with van der Waals surface area (Å²) in [4.78, 5) is 25.5. The highest BCUT2D eigenvalue weighted by Crippen LogP contribution is 2.15. The fourth-order valence-electron chi connectivity index (χ4n) is 2.51. The maximum absolute atomic E-state index is 13.1. The molecule has 0 atom stereocenters. The third-order valence-corrected chi connectivity index (χ3v) is 5.30. The molecule has 3 rings (SSSR count). The van der Waals surface area contributed by atoms with Crippen LogP contribution in [-0.2, 0) is 10.0 Å². The molecular formula is C22H18FN3O4S. The normalized spacial score (nSPS) is 11.1. The Balaban J connectivity index is 1.90. The van der Waals surface area contributed by atoms with Crippen LogP contribution in [0.4, 0.5) is 25.4 Å². The summed E-state index contributed by atoms with van der Waals surface area (Å²) in [6.45, 7) is 0. The zero-order chi connectivity index (χ0) is 22.3. The molecule has 7 nitrogen and oxygen atoms in total. The van der Waals surface area contributed by atoms with E-state index in [1.165, 1.54) is 12.1 Å². The van der Waals surface area contributed by atoms with Crippen molar-refractivity contribution in [1.82, 2.24) is 4.31 Å². The predicted molar refractivity (Wildman–Crippen MR) is 117 cm³/mol. The quantitative estimate of drug-likeness (QED) is 0.592. The first-order chi connectivity index (χ1) is 14.8. The molecule has 3 aromatic rings. The van der Waals surface area contributed by atoms with Crippen molar-refractivity contribution in [2.24, 2.45) is 0 Å². The van der Waals surface area contributed by atoms with E-state index in [0.29, 0.717) is 22.3 Å². The van der Waals surface area contributed by atoms with Crippen molar-refractivity contribution in [2.75, 3.05) is 10.6 Å². The van der Waals surface area contributed by atoms with Gasteiger partial charge in [0.25, 0.3) is 10.0 Å². The molecule has 0 radical (unpaired) electrons. The maximum atomic E-state index is 13.1. The molecule has 0 unspecified atom stereocenters. The van der Waals surface area contributed by atoms with Gasteiger partial charge in [-0.25, -0.2) is 22.4 Å². The SMILES string of the molecule is O=C(Nc1ccccc1)N(C(=O)Nc1ccccc1)S(=O)(=O)/C=C/c1ccc(F)cc1. The number of anilines is 2. The lowest BCUT2D eigenvalue weighted by molar-refractivity contribution is 0.223. The van der Waals surface area contributed by atoms with E-state index in [4.69, 9.17) is 0 Å². The number of benzene rings is 3. The number of urea groups is 2. The predicted octanol–water partition coefficient (Wildman–Crippen LogP) is 4.89. The lowest BCUT2D eigenvalue weighted by atomic mass is 10.2. The van der Waals surface area contributed by atoms with Crippen LogP contribution in [0.5, 0.6) is 0 Å². The molecule has 0 aliphatic carbocycles. The van der Waals surface area contributed by atoms with E-state index in [1.807, 2.05) is 0 Å². The summed E-state index contributed by atoms with van der Waals surface area (Å²) in [7, 11) is -4.53. The van der Waals surface area contributed by atoms with Crippen molar-refractivity contribution in [2.45, 2.75) is 0 Å². The molecule has 158 valence electrons. The van der Waals surface area contributed by atoms with Gasteiger partial charge in [-0.2, -0.15) is 0 Å². The second-order valence-electron chi connectivity index (χ2n) is 6.26. The minimum absolute atomic E-state index is 0.0903. The molecule has 2 N–H and O–H groups in total. The third kappa shape index (κ3) is 6.00. The Morgan fingerprint density at radius 3 is 1.65 bits per heavy atom. The van der Waals surface area contributed by atoms with Crippen molar-refractivity contribution in [1.29, 1.82) is 0 Å². The first-order valence-electron chi connectivity index (χ1n) is 9.06. The average molecular weight is 439 g/mol. The van der Waals surface area contributed by atoms with Crippen LogP contribution in [0.15, 0.2) is 90.3 Å². The van der Waals surface area contributed by atoms with Gasteiger partial charge in [0.1, 0.15) is 5.82 Å². The van der Waals surface area contributed by atoms with Gasteiger partial charge in [-0.1, -0.05) is 48.5 Å². The van der Waals surface area contributed by atoms with Crippen LogP contribution in [-0.4, -0.2) is 24.8 Å². The second kappa shape index (κ2) is 9.68. The van der Waals surface area contributed by atoms with Crippen molar-refractivity contribution < 1.29 is 22.4 Å². The van der Waals surface area contributed by atoms with E-state index < -0.39 is 27.9 Å². The van der Waals surface area contributed by atoms with E-state index in [1.54, 1.807) is 60.7 Å². The van der Waals surface area contributed by atoms with Crippen LogP contribution in [0.25, 0.3) is 6.08 Å². The molecule has 0 heterocycles. The molecule has 3 aromatic carbocycles. The number of carbonyl (C=O) groups is 2. The van der Waals surface area contributed by atoms with Crippen LogP contribution in [0.1, 0.15) is 5.56 Å². The van der Waals surface area contributed by atoms with Crippen LogP contribution in [0.2, 0.25) is 0 Å². The first-order valence-corrected chi connectivity index (χ1v) is 10.6. The van der Waals surface area contributed by atoms with Gasteiger partial charge in [0.15, 0.2) is 0 Å². The highest BCUT2D eigenvalue weighted by Gasteiger charge is 2.32. The Hall–Kier alpha value is -3.98. The maximum Gasteiger partial charge on any atom is 0.344 e. The van der Waals surface area contributed by atoms with Crippen molar-refractivity contribution in [3.05, 3.63) is 102 Å². The van der Waals surface area contributed by atoms with Gasteiger partial charge in [-0.3, -0.25) is 0 Å². The van der Waals surface area contributed by atoms with E-state index in [0.717, 1.165) is 18.2 Å². The summed E-state index contributed by atoms with van der Waals surface area (Å²) in [6, 6.07) is 18.9. The number of imide groups is 1. The molecular weight excluding hydrogens is 421 g/mol.